The third-order valence-electron chi connectivity index (χ3n) is 5.86. The van der Waals surface area contributed by atoms with Crippen molar-refractivity contribution in [3.8, 4) is 0 Å². The first-order valence-corrected chi connectivity index (χ1v) is 10.6. The monoisotopic (exact) mass is 414 g/mol. The van der Waals surface area contributed by atoms with Gasteiger partial charge in [-0.3, -0.25) is 14.7 Å². The zero-order valence-electron chi connectivity index (χ0n) is 17.6. The maximum absolute atomic E-state index is 12.9. The first-order valence-electron chi connectivity index (χ1n) is 10.6. The van der Waals surface area contributed by atoms with E-state index in [1.54, 1.807) is 0 Å². The van der Waals surface area contributed by atoms with Crippen LogP contribution in [0.3, 0.4) is 0 Å². The maximum Gasteiger partial charge on any atom is 0.433 e. The Morgan fingerprint density at radius 3 is 2.52 bits per heavy atom. The lowest BCUT2D eigenvalue weighted by Crippen LogP contribution is -2.44. The maximum atomic E-state index is 12.9. The average molecular weight is 415 g/mol. The predicted molar refractivity (Wildman–Crippen MR) is 107 cm³/mol. The molecule has 1 N–H and O–H groups in total. The van der Waals surface area contributed by atoms with Crippen LogP contribution < -0.4 is 0 Å². The van der Waals surface area contributed by atoms with E-state index in [4.69, 9.17) is 0 Å². The van der Waals surface area contributed by atoms with Crippen molar-refractivity contribution in [2.24, 2.45) is 11.8 Å². The van der Waals surface area contributed by atoms with Gasteiger partial charge in [0.25, 0.3) is 0 Å². The van der Waals surface area contributed by atoms with Crippen LogP contribution in [0.1, 0.15) is 76.5 Å². The van der Waals surface area contributed by atoms with Crippen molar-refractivity contribution in [1.29, 1.82) is 0 Å². The molecular formula is C22H33F3N2O2. The molecule has 0 saturated heterocycles. The number of carboxylic acids is 1. The lowest BCUT2D eigenvalue weighted by atomic mass is 9.73. The summed E-state index contributed by atoms with van der Waals surface area (Å²) in [6.45, 7) is 8.39. The number of carbonyl (C=O) groups is 1. The molecule has 1 aromatic heterocycles. The molecule has 0 radical (unpaired) electrons. The summed E-state index contributed by atoms with van der Waals surface area (Å²) in [7, 11) is 0. The highest BCUT2D eigenvalue weighted by Gasteiger charge is 2.37. The molecule has 7 heteroatoms. The summed E-state index contributed by atoms with van der Waals surface area (Å²) >= 11 is 0. The van der Waals surface area contributed by atoms with Crippen molar-refractivity contribution >= 4 is 5.97 Å². The minimum Gasteiger partial charge on any atom is -0.481 e. The highest BCUT2D eigenvalue weighted by Crippen LogP contribution is 2.41. The van der Waals surface area contributed by atoms with E-state index >= 15 is 0 Å². The fourth-order valence-corrected chi connectivity index (χ4v) is 4.42. The van der Waals surface area contributed by atoms with Crippen LogP contribution in [0.5, 0.6) is 0 Å². The van der Waals surface area contributed by atoms with E-state index in [-0.39, 0.29) is 24.3 Å². The standard InChI is InChI=1S/C22H33F3N2O2/c1-4-10-27(11-9-15(2)3)19-7-5-16(13-21(28)29)12-18(19)17-6-8-20(26-14-17)22(23,24)25/h6,8,14-16,18-19H,4-5,7,9-13H2,1-3H3,(H,28,29)/t16-,18+,19-/m1/s1. The van der Waals surface area contributed by atoms with Crippen molar-refractivity contribution in [3.63, 3.8) is 0 Å². The van der Waals surface area contributed by atoms with E-state index in [0.29, 0.717) is 12.3 Å². The number of halogens is 3. The summed E-state index contributed by atoms with van der Waals surface area (Å²) in [6, 6.07) is 2.78. The highest BCUT2D eigenvalue weighted by molar-refractivity contribution is 5.67. The van der Waals surface area contributed by atoms with Crippen molar-refractivity contribution < 1.29 is 23.1 Å². The minimum atomic E-state index is -4.46. The number of nitrogens with zero attached hydrogens (tertiary/aromatic N) is 2. The Morgan fingerprint density at radius 1 is 1.28 bits per heavy atom. The van der Waals surface area contributed by atoms with Gasteiger partial charge < -0.3 is 5.11 Å². The van der Waals surface area contributed by atoms with Crippen LogP contribution in [-0.4, -0.2) is 40.1 Å². The third kappa shape index (κ3) is 6.98. The molecule has 2 rings (SSSR count). The molecule has 1 aromatic rings. The number of hydrogen-bond acceptors (Lipinski definition) is 3. The van der Waals surface area contributed by atoms with Gasteiger partial charge in [0, 0.05) is 24.6 Å². The SMILES string of the molecule is CCCN(CCC(C)C)[C@@H]1CC[C@@H](CC(=O)O)C[C@H]1c1ccc(C(F)(F)F)nc1. The summed E-state index contributed by atoms with van der Waals surface area (Å²) in [5.41, 5.74) is -0.107. The molecule has 0 amide bonds. The zero-order valence-corrected chi connectivity index (χ0v) is 17.6. The molecule has 1 aliphatic carbocycles. The molecular weight excluding hydrogens is 381 g/mol. The molecule has 1 saturated carbocycles. The van der Waals surface area contributed by atoms with Crippen LogP contribution in [0.2, 0.25) is 0 Å². The third-order valence-corrected chi connectivity index (χ3v) is 5.86. The second-order valence-electron chi connectivity index (χ2n) is 8.64. The Morgan fingerprint density at radius 2 is 2.00 bits per heavy atom. The zero-order chi connectivity index (χ0) is 21.6. The van der Waals surface area contributed by atoms with Gasteiger partial charge >= 0.3 is 12.1 Å². The van der Waals surface area contributed by atoms with Crippen LogP contribution >= 0.6 is 0 Å². The van der Waals surface area contributed by atoms with Gasteiger partial charge in [-0.15, -0.1) is 0 Å². The molecule has 3 atom stereocenters. The van der Waals surface area contributed by atoms with E-state index in [1.165, 1.54) is 12.3 Å². The quantitative estimate of drug-likeness (QED) is 0.573. The normalized spacial score (nSPS) is 23.0. The second kappa shape index (κ2) is 10.4. The fourth-order valence-electron chi connectivity index (χ4n) is 4.42. The molecule has 0 bridgehead atoms. The Labute approximate surface area is 171 Å². The van der Waals surface area contributed by atoms with E-state index in [0.717, 1.165) is 50.4 Å². The van der Waals surface area contributed by atoms with Gasteiger partial charge in [-0.1, -0.05) is 26.8 Å². The van der Waals surface area contributed by atoms with Crippen molar-refractivity contribution in [1.82, 2.24) is 9.88 Å². The van der Waals surface area contributed by atoms with Crippen LogP contribution in [0.15, 0.2) is 18.3 Å². The molecule has 0 unspecified atom stereocenters. The number of alkyl halides is 3. The van der Waals surface area contributed by atoms with Crippen LogP contribution in [-0.2, 0) is 11.0 Å². The predicted octanol–water partition coefficient (Wildman–Crippen LogP) is 5.59. The molecule has 1 heterocycles. The van der Waals surface area contributed by atoms with Gasteiger partial charge in [0.15, 0.2) is 0 Å². The fraction of sp³-hybridized carbons (Fsp3) is 0.727. The summed E-state index contributed by atoms with van der Waals surface area (Å²) in [6.07, 6.45) is 1.43. The summed E-state index contributed by atoms with van der Waals surface area (Å²) in [4.78, 5) is 17.3. The Kier molecular flexibility index (Phi) is 8.49. The molecule has 0 spiro atoms. The van der Waals surface area contributed by atoms with Crippen LogP contribution in [0, 0.1) is 11.8 Å². The number of aromatic nitrogens is 1. The largest absolute Gasteiger partial charge is 0.481 e. The number of aliphatic carboxylic acids is 1. The van der Waals surface area contributed by atoms with E-state index < -0.39 is 17.8 Å². The van der Waals surface area contributed by atoms with Gasteiger partial charge in [0.1, 0.15) is 5.69 Å². The van der Waals surface area contributed by atoms with Gasteiger partial charge in [0.05, 0.1) is 0 Å². The summed E-state index contributed by atoms with van der Waals surface area (Å²) in [5.74, 6) is -0.196. The van der Waals surface area contributed by atoms with Gasteiger partial charge in [-0.2, -0.15) is 13.2 Å². The lowest BCUT2D eigenvalue weighted by Gasteiger charge is -2.43. The summed E-state index contributed by atoms with van der Waals surface area (Å²) < 4.78 is 38.7. The smallest absolute Gasteiger partial charge is 0.433 e. The summed E-state index contributed by atoms with van der Waals surface area (Å²) in [5, 5.41) is 9.21. The topological polar surface area (TPSA) is 53.4 Å². The first-order chi connectivity index (χ1) is 13.6. The Balaban J connectivity index is 2.28. The molecule has 4 nitrogen and oxygen atoms in total. The second-order valence-corrected chi connectivity index (χ2v) is 8.64. The van der Waals surface area contributed by atoms with Gasteiger partial charge in [-0.05, 0) is 68.7 Å². The molecule has 0 aromatic carbocycles. The number of carboxylic acid groups (broad SMARTS) is 1. The van der Waals surface area contributed by atoms with Crippen LogP contribution in [0.25, 0.3) is 0 Å². The first kappa shape index (κ1) is 23.6. The highest BCUT2D eigenvalue weighted by atomic mass is 19.4. The van der Waals surface area contributed by atoms with Crippen molar-refractivity contribution in [2.75, 3.05) is 13.1 Å². The molecule has 1 fully saturated rings. The molecule has 164 valence electrons. The van der Waals surface area contributed by atoms with Crippen molar-refractivity contribution in [3.05, 3.63) is 29.6 Å². The van der Waals surface area contributed by atoms with Gasteiger partial charge in [0.2, 0.25) is 0 Å². The number of pyridine rings is 1. The van der Waals surface area contributed by atoms with Gasteiger partial charge in [-0.25, -0.2) is 0 Å². The Hall–Kier alpha value is -1.63. The number of rotatable bonds is 9. The van der Waals surface area contributed by atoms with E-state index in [2.05, 4.69) is 30.7 Å². The number of hydrogen-bond donors (Lipinski definition) is 1. The molecule has 1 aliphatic rings. The van der Waals surface area contributed by atoms with E-state index in [9.17, 15) is 23.1 Å². The average Bonchev–Trinajstić information content (AvgIpc) is 2.64. The van der Waals surface area contributed by atoms with E-state index in [1.807, 2.05) is 0 Å². The Bertz CT molecular complexity index is 646. The molecule has 0 aliphatic heterocycles. The molecule has 29 heavy (non-hydrogen) atoms. The lowest BCUT2D eigenvalue weighted by molar-refractivity contribution is -0.141. The van der Waals surface area contributed by atoms with Crippen molar-refractivity contribution in [2.45, 2.75) is 77.4 Å². The van der Waals surface area contributed by atoms with Crippen LogP contribution in [0.4, 0.5) is 13.2 Å². The minimum absolute atomic E-state index is 0.00148.